The van der Waals surface area contributed by atoms with E-state index in [1.54, 1.807) is 0 Å². The highest BCUT2D eigenvalue weighted by atomic mass is 19.4. The fraction of sp³-hybridized carbons (Fsp3) is 0.889. The smallest absolute Gasteiger partial charge is 0.334 e. The van der Waals surface area contributed by atoms with Crippen LogP contribution in [0.15, 0.2) is 0 Å². The standard InChI is InChI=1S/C9H15F3N2O2/c1-16-14-8(15)13-7-4-2-3-6(5-7)9(10,11)12/h6-7H,2-5H2,1H3,(H2,13,14,15)/t6-,7+/m1/s1. The Balaban J connectivity index is 2.42. The van der Waals surface area contributed by atoms with Crippen LogP contribution in [0.3, 0.4) is 0 Å². The number of urea groups is 1. The van der Waals surface area contributed by atoms with E-state index in [4.69, 9.17) is 0 Å². The van der Waals surface area contributed by atoms with E-state index in [1.165, 1.54) is 7.11 Å². The Morgan fingerprint density at radius 3 is 2.62 bits per heavy atom. The normalized spacial score (nSPS) is 26.2. The third-order valence-electron chi connectivity index (χ3n) is 2.67. The maximum atomic E-state index is 12.4. The Morgan fingerprint density at radius 1 is 1.38 bits per heavy atom. The molecule has 4 nitrogen and oxygen atoms in total. The molecule has 0 spiro atoms. The van der Waals surface area contributed by atoms with Crippen LogP contribution in [-0.4, -0.2) is 25.4 Å². The average Bonchev–Trinajstić information content (AvgIpc) is 2.17. The SMILES string of the molecule is CONC(=O)N[C@H]1CCC[C@@H](C(F)(F)F)C1. The average molecular weight is 240 g/mol. The number of rotatable bonds is 2. The fourth-order valence-corrected chi connectivity index (χ4v) is 1.93. The number of hydrogen-bond donors (Lipinski definition) is 2. The van der Waals surface area contributed by atoms with Crippen LogP contribution in [0.1, 0.15) is 25.7 Å². The quantitative estimate of drug-likeness (QED) is 0.725. The molecule has 0 aromatic rings. The molecule has 1 saturated carbocycles. The van der Waals surface area contributed by atoms with Crippen molar-refractivity contribution in [2.24, 2.45) is 5.92 Å². The lowest BCUT2D eigenvalue weighted by Gasteiger charge is -2.30. The minimum atomic E-state index is -4.17. The van der Waals surface area contributed by atoms with Gasteiger partial charge < -0.3 is 5.32 Å². The Bertz CT molecular complexity index is 245. The third-order valence-corrected chi connectivity index (χ3v) is 2.67. The molecule has 0 aliphatic heterocycles. The maximum Gasteiger partial charge on any atom is 0.391 e. The number of halogens is 3. The zero-order valence-electron chi connectivity index (χ0n) is 8.93. The minimum Gasteiger partial charge on any atom is -0.334 e. The first-order chi connectivity index (χ1) is 7.43. The van der Waals surface area contributed by atoms with Gasteiger partial charge in [0.25, 0.3) is 0 Å². The van der Waals surface area contributed by atoms with E-state index < -0.39 is 24.2 Å². The van der Waals surface area contributed by atoms with Crippen LogP contribution in [-0.2, 0) is 4.84 Å². The summed E-state index contributed by atoms with van der Waals surface area (Å²) in [4.78, 5) is 15.4. The predicted octanol–water partition coefficient (Wildman–Crippen LogP) is 1.97. The Labute approximate surface area is 91.5 Å². The summed E-state index contributed by atoms with van der Waals surface area (Å²) in [5.74, 6) is -1.31. The molecule has 2 atom stereocenters. The second kappa shape index (κ2) is 5.38. The highest BCUT2D eigenvalue weighted by Crippen LogP contribution is 2.37. The fourth-order valence-electron chi connectivity index (χ4n) is 1.93. The first-order valence-corrected chi connectivity index (χ1v) is 5.09. The molecule has 0 aromatic heterocycles. The van der Waals surface area contributed by atoms with Crippen LogP contribution in [0.25, 0.3) is 0 Å². The van der Waals surface area contributed by atoms with Gasteiger partial charge in [0.2, 0.25) is 0 Å². The van der Waals surface area contributed by atoms with Gasteiger partial charge in [0.05, 0.1) is 13.0 Å². The van der Waals surface area contributed by atoms with Crippen LogP contribution in [0.5, 0.6) is 0 Å². The van der Waals surface area contributed by atoms with Crippen molar-refractivity contribution in [3.8, 4) is 0 Å². The zero-order valence-corrected chi connectivity index (χ0v) is 8.93. The summed E-state index contributed by atoms with van der Waals surface area (Å²) in [5.41, 5.74) is 2.02. The molecule has 1 aliphatic carbocycles. The van der Waals surface area contributed by atoms with Crippen molar-refractivity contribution in [1.82, 2.24) is 10.8 Å². The third kappa shape index (κ3) is 3.88. The number of hydroxylamine groups is 1. The van der Waals surface area contributed by atoms with Crippen LogP contribution in [0, 0.1) is 5.92 Å². The van der Waals surface area contributed by atoms with Gasteiger partial charge in [0.15, 0.2) is 0 Å². The van der Waals surface area contributed by atoms with Crippen molar-refractivity contribution in [1.29, 1.82) is 0 Å². The first kappa shape index (κ1) is 13.1. The molecule has 1 aliphatic rings. The zero-order chi connectivity index (χ0) is 12.2. The van der Waals surface area contributed by atoms with Gasteiger partial charge in [-0.05, 0) is 19.3 Å². The van der Waals surface area contributed by atoms with Crippen molar-refractivity contribution >= 4 is 6.03 Å². The van der Waals surface area contributed by atoms with Crippen LogP contribution in [0.4, 0.5) is 18.0 Å². The summed E-state index contributed by atoms with van der Waals surface area (Å²) in [6, 6.07) is -1.04. The number of nitrogens with one attached hydrogen (secondary N) is 2. The van der Waals surface area contributed by atoms with Crippen molar-refractivity contribution in [3.05, 3.63) is 0 Å². The van der Waals surface area contributed by atoms with Gasteiger partial charge in [-0.25, -0.2) is 10.3 Å². The molecular weight excluding hydrogens is 225 g/mol. The molecule has 0 bridgehead atoms. The molecule has 94 valence electrons. The van der Waals surface area contributed by atoms with Crippen molar-refractivity contribution in [2.45, 2.75) is 37.9 Å². The van der Waals surface area contributed by atoms with E-state index in [0.717, 1.165) is 0 Å². The highest BCUT2D eigenvalue weighted by Gasteiger charge is 2.42. The Hall–Kier alpha value is -0.980. The van der Waals surface area contributed by atoms with Crippen LogP contribution in [0.2, 0.25) is 0 Å². The second-order valence-electron chi connectivity index (χ2n) is 3.88. The highest BCUT2D eigenvalue weighted by molar-refractivity contribution is 5.72. The minimum absolute atomic E-state index is 0.0549. The lowest BCUT2D eigenvalue weighted by Crippen LogP contribution is -2.45. The number of carbonyl (C=O) groups is 1. The molecule has 0 radical (unpaired) electrons. The molecule has 0 aromatic carbocycles. The van der Waals surface area contributed by atoms with Gasteiger partial charge in [0.1, 0.15) is 0 Å². The van der Waals surface area contributed by atoms with Crippen molar-refractivity contribution in [2.75, 3.05) is 7.11 Å². The van der Waals surface area contributed by atoms with E-state index in [1.807, 2.05) is 5.48 Å². The molecule has 2 N–H and O–H groups in total. The lowest BCUT2D eigenvalue weighted by atomic mass is 9.85. The van der Waals surface area contributed by atoms with Gasteiger partial charge in [0, 0.05) is 6.04 Å². The molecule has 1 rings (SSSR count). The number of amides is 2. The molecular formula is C9H15F3N2O2. The molecule has 0 saturated heterocycles. The Morgan fingerprint density at radius 2 is 2.06 bits per heavy atom. The largest absolute Gasteiger partial charge is 0.391 e. The molecule has 0 heterocycles. The van der Waals surface area contributed by atoms with Crippen LogP contribution >= 0.6 is 0 Å². The summed E-state index contributed by atoms with van der Waals surface area (Å²) < 4.78 is 37.3. The lowest BCUT2D eigenvalue weighted by molar-refractivity contribution is -0.183. The summed E-state index contributed by atoms with van der Waals surface area (Å²) in [6.45, 7) is 0. The van der Waals surface area contributed by atoms with Gasteiger partial charge in [-0.3, -0.25) is 4.84 Å². The second-order valence-corrected chi connectivity index (χ2v) is 3.88. The van der Waals surface area contributed by atoms with Gasteiger partial charge in [-0.15, -0.1) is 0 Å². The summed E-state index contributed by atoms with van der Waals surface area (Å²) in [5, 5.41) is 2.45. The number of carbonyl (C=O) groups excluding carboxylic acids is 1. The maximum absolute atomic E-state index is 12.4. The number of alkyl halides is 3. The van der Waals surface area contributed by atoms with E-state index in [-0.39, 0.29) is 12.8 Å². The summed E-state index contributed by atoms with van der Waals surface area (Å²) in [7, 11) is 1.26. The topological polar surface area (TPSA) is 50.4 Å². The number of hydrogen-bond acceptors (Lipinski definition) is 2. The van der Waals surface area contributed by atoms with E-state index in [2.05, 4.69) is 10.2 Å². The summed E-state index contributed by atoms with van der Waals surface area (Å²) >= 11 is 0. The Kier molecular flexibility index (Phi) is 4.40. The van der Waals surface area contributed by atoms with Crippen molar-refractivity contribution in [3.63, 3.8) is 0 Å². The predicted molar refractivity (Wildman–Crippen MR) is 50.5 cm³/mol. The first-order valence-electron chi connectivity index (χ1n) is 5.09. The van der Waals surface area contributed by atoms with Gasteiger partial charge >= 0.3 is 12.2 Å². The molecule has 1 fully saturated rings. The van der Waals surface area contributed by atoms with Gasteiger partial charge in [-0.2, -0.15) is 13.2 Å². The van der Waals surface area contributed by atoms with E-state index in [0.29, 0.717) is 12.8 Å². The molecule has 16 heavy (non-hydrogen) atoms. The van der Waals surface area contributed by atoms with Crippen molar-refractivity contribution < 1.29 is 22.8 Å². The molecule has 2 amide bonds. The summed E-state index contributed by atoms with van der Waals surface area (Å²) in [6.07, 6.45) is -3.03. The van der Waals surface area contributed by atoms with Crippen LogP contribution < -0.4 is 10.8 Å². The van der Waals surface area contributed by atoms with E-state index in [9.17, 15) is 18.0 Å². The monoisotopic (exact) mass is 240 g/mol. The molecule has 7 heteroatoms. The van der Waals surface area contributed by atoms with Gasteiger partial charge in [-0.1, -0.05) is 6.42 Å². The van der Waals surface area contributed by atoms with E-state index >= 15 is 0 Å². The molecule has 0 unspecified atom stereocenters.